The summed E-state index contributed by atoms with van der Waals surface area (Å²) in [5.41, 5.74) is 26.1. The average molecular weight is 999 g/mol. The van der Waals surface area contributed by atoms with Crippen LogP contribution in [0.4, 0.5) is 34.6 Å². The number of hydrogen-bond acceptors (Lipinski definition) is 8. The molecule has 0 saturated carbocycles. The lowest BCUT2D eigenvalue weighted by atomic mass is 9.81. The molecule has 374 valence electrons. The van der Waals surface area contributed by atoms with Crippen molar-refractivity contribution in [2.45, 2.75) is 71.6 Å². The van der Waals surface area contributed by atoms with Crippen LogP contribution in [-0.4, -0.2) is 29.9 Å². The van der Waals surface area contributed by atoms with Crippen LogP contribution in [0.25, 0.3) is 57.7 Å². The van der Waals surface area contributed by atoms with Crippen LogP contribution in [-0.2, 0) is 16.2 Å². The van der Waals surface area contributed by atoms with Crippen LogP contribution in [0.1, 0.15) is 108 Å². The lowest BCUT2D eigenvalue weighted by Crippen LogP contribution is -2.17. The van der Waals surface area contributed by atoms with E-state index >= 15 is 0 Å². The van der Waals surface area contributed by atoms with Gasteiger partial charge in [-0.1, -0.05) is 175 Å². The van der Waals surface area contributed by atoms with Crippen LogP contribution in [0, 0.1) is 13.8 Å². The van der Waals surface area contributed by atoms with Gasteiger partial charge in [0.2, 0.25) is 11.9 Å². The average Bonchev–Trinajstić information content (AvgIpc) is 4.16. The van der Waals surface area contributed by atoms with Crippen molar-refractivity contribution in [1.29, 1.82) is 0 Å². The van der Waals surface area contributed by atoms with Gasteiger partial charge in [0.1, 0.15) is 25.3 Å². The smallest absolute Gasteiger partial charge is 0.237 e. The van der Waals surface area contributed by atoms with E-state index in [2.05, 4.69) is 277 Å². The maximum absolute atomic E-state index is 4.57. The highest BCUT2D eigenvalue weighted by Gasteiger charge is 2.39. The van der Waals surface area contributed by atoms with E-state index in [9.17, 15) is 0 Å². The highest BCUT2D eigenvalue weighted by molar-refractivity contribution is 5.89. The van der Waals surface area contributed by atoms with Crippen LogP contribution >= 0.6 is 0 Å². The fraction of sp³-hybridized carbons (Fsp3) is 0.159. The zero-order chi connectivity index (χ0) is 52.8. The van der Waals surface area contributed by atoms with Gasteiger partial charge in [0, 0.05) is 39.0 Å². The van der Waals surface area contributed by atoms with Crippen molar-refractivity contribution in [3.8, 4) is 33.4 Å². The van der Waals surface area contributed by atoms with Gasteiger partial charge in [-0.3, -0.25) is 9.80 Å². The van der Waals surface area contributed by atoms with Gasteiger partial charge in [-0.05, 0) is 163 Å². The molecule has 8 nitrogen and oxygen atoms in total. The maximum Gasteiger partial charge on any atom is 0.237 e. The van der Waals surface area contributed by atoms with Crippen LogP contribution in [0.15, 0.2) is 183 Å². The van der Waals surface area contributed by atoms with Crippen LogP contribution in [0.5, 0.6) is 0 Å². The zero-order valence-electron chi connectivity index (χ0n) is 44.7. The van der Waals surface area contributed by atoms with Crippen molar-refractivity contribution >= 4 is 59.0 Å². The SMILES string of the molecule is Cc1cccc(N(c2ccc3c(c2)C(C)(C)c2cc(/C=C/c4ccc5c(c4)C(C)(C)c4cc(/C=C/c6ccc7c(c6)C(C)(C)c6cc(N(c8cccc(C)c8)c8ncncn8)ccc6-7)ccc4-5)ccc2-3)c2ncncn2)c1. The molecule has 0 amide bonds. The number of nitrogens with zero attached hydrogens (tertiary/aromatic N) is 8. The second kappa shape index (κ2) is 18.0. The second-order valence-corrected chi connectivity index (χ2v) is 22.4. The Morgan fingerprint density at radius 1 is 0.312 bits per heavy atom. The van der Waals surface area contributed by atoms with E-state index in [1.165, 1.54) is 100 Å². The van der Waals surface area contributed by atoms with Crippen molar-refractivity contribution in [3.63, 3.8) is 0 Å². The molecule has 3 aliphatic rings. The minimum Gasteiger partial charge on any atom is -0.279 e. The minimum atomic E-state index is -0.223. The summed E-state index contributed by atoms with van der Waals surface area (Å²) in [4.78, 5) is 30.7. The molecule has 8 heteroatoms. The summed E-state index contributed by atoms with van der Waals surface area (Å²) in [6.45, 7) is 18.3. The first-order chi connectivity index (χ1) is 37.2. The number of aryl methyl sites for hydroxylation is 2. The fourth-order valence-corrected chi connectivity index (χ4v) is 12.3. The third-order valence-electron chi connectivity index (χ3n) is 16.4. The molecule has 0 spiro atoms. The molecule has 0 N–H and O–H groups in total. The van der Waals surface area contributed by atoms with Gasteiger partial charge in [0.15, 0.2) is 0 Å². The van der Waals surface area contributed by atoms with Gasteiger partial charge < -0.3 is 0 Å². The normalized spacial score (nSPS) is 14.7. The van der Waals surface area contributed by atoms with E-state index in [-0.39, 0.29) is 16.2 Å². The first-order valence-electron chi connectivity index (χ1n) is 26.4. The molecular formula is C69H58N8. The lowest BCUT2D eigenvalue weighted by molar-refractivity contribution is 0.660. The number of benzene rings is 8. The molecule has 13 rings (SSSR count). The van der Waals surface area contributed by atoms with Crippen LogP contribution < -0.4 is 9.80 Å². The Hall–Kier alpha value is -9.14. The van der Waals surface area contributed by atoms with E-state index in [4.69, 9.17) is 0 Å². The van der Waals surface area contributed by atoms with Gasteiger partial charge in [-0.15, -0.1) is 0 Å². The van der Waals surface area contributed by atoms with Gasteiger partial charge in [0.25, 0.3) is 0 Å². The molecule has 3 aliphatic carbocycles. The standard InChI is InChI=1S/C69H58N8/c1-43-11-9-13-49(31-43)76(65-72-39-70-40-73-65)51-23-29-57-55-27-21-47(35-61(55)68(5,6)63(57)37-51)17-15-45-19-25-53-54-26-20-46(34-60(54)67(3,4)59(53)33-45)16-18-48-22-28-56-58-30-24-52(38-64(58)69(7,8)62(56)36-48)77(66-74-41-71-42-75-66)50-14-10-12-44(2)32-50/h9-42H,1-8H3/b17-15+,18-16+. The summed E-state index contributed by atoms with van der Waals surface area (Å²) in [6, 6.07) is 58.2. The molecule has 77 heavy (non-hydrogen) atoms. The second-order valence-electron chi connectivity index (χ2n) is 22.4. The highest BCUT2D eigenvalue weighted by atomic mass is 15.3. The molecule has 0 bridgehead atoms. The number of anilines is 6. The summed E-state index contributed by atoms with van der Waals surface area (Å²) in [7, 11) is 0. The summed E-state index contributed by atoms with van der Waals surface area (Å²) < 4.78 is 0. The minimum absolute atomic E-state index is 0.167. The first-order valence-corrected chi connectivity index (χ1v) is 26.4. The topological polar surface area (TPSA) is 83.8 Å². The third-order valence-corrected chi connectivity index (χ3v) is 16.4. The molecule has 2 aromatic heterocycles. The number of hydrogen-bond donors (Lipinski definition) is 0. The van der Waals surface area contributed by atoms with E-state index < -0.39 is 0 Å². The predicted octanol–water partition coefficient (Wildman–Crippen LogP) is 16.9. The molecular weight excluding hydrogens is 941 g/mol. The monoisotopic (exact) mass is 998 g/mol. The van der Waals surface area contributed by atoms with Gasteiger partial charge in [0.05, 0.1) is 0 Å². The Morgan fingerprint density at radius 2 is 0.584 bits per heavy atom. The molecule has 2 heterocycles. The molecule has 0 atom stereocenters. The van der Waals surface area contributed by atoms with E-state index in [0.717, 1.165) is 22.7 Å². The maximum atomic E-state index is 4.57. The molecule has 0 saturated heterocycles. The summed E-state index contributed by atoms with van der Waals surface area (Å²) >= 11 is 0. The molecule has 8 aromatic carbocycles. The number of aromatic nitrogens is 6. The molecule has 0 radical (unpaired) electrons. The zero-order valence-corrected chi connectivity index (χ0v) is 44.7. The summed E-state index contributed by atoms with van der Waals surface area (Å²) in [5.74, 6) is 1.17. The van der Waals surface area contributed by atoms with E-state index in [1.807, 2.05) is 0 Å². The van der Waals surface area contributed by atoms with Crippen LogP contribution in [0.3, 0.4) is 0 Å². The Morgan fingerprint density at radius 3 is 0.883 bits per heavy atom. The molecule has 0 fully saturated rings. The Balaban J connectivity index is 0.732. The van der Waals surface area contributed by atoms with Gasteiger partial charge >= 0.3 is 0 Å². The molecule has 0 unspecified atom stereocenters. The van der Waals surface area contributed by atoms with Gasteiger partial charge in [-0.25, -0.2) is 29.9 Å². The van der Waals surface area contributed by atoms with E-state index in [1.54, 1.807) is 25.3 Å². The van der Waals surface area contributed by atoms with Crippen LogP contribution in [0.2, 0.25) is 0 Å². The molecule has 0 aliphatic heterocycles. The van der Waals surface area contributed by atoms with E-state index in [0.29, 0.717) is 11.9 Å². The lowest BCUT2D eigenvalue weighted by Gasteiger charge is -2.26. The number of fused-ring (bicyclic) bond motifs is 9. The Bertz CT molecular complexity index is 3800. The van der Waals surface area contributed by atoms with Crippen molar-refractivity contribution in [1.82, 2.24) is 29.9 Å². The van der Waals surface area contributed by atoms with Crippen molar-refractivity contribution in [2.24, 2.45) is 0 Å². The summed E-state index contributed by atoms with van der Waals surface area (Å²) in [6.07, 6.45) is 15.3. The predicted molar refractivity (Wildman–Crippen MR) is 315 cm³/mol. The van der Waals surface area contributed by atoms with Crippen molar-refractivity contribution in [2.75, 3.05) is 9.80 Å². The Labute approximate surface area is 451 Å². The van der Waals surface area contributed by atoms with Crippen molar-refractivity contribution in [3.05, 3.63) is 250 Å². The first kappa shape index (κ1) is 47.6. The van der Waals surface area contributed by atoms with Gasteiger partial charge in [-0.2, -0.15) is 0 Å². The number of rotatable bonds is 10. The Kier molecular flexibility index (Phi) is 11.1. The quantitative estimate of drug-likeness (QED) is 0.125. The molecule has 10 aromatic rings. The largest absolute Gasteiger partial charge is 0.279 e. The highest BCUT2D eigenvalue weighted by Crippen LogP contribution is 2.54. The summed E-state index contributed by atoms with van der Waals surface area (Å²) in [5, 5.41) is 0. The van der Waals surface area contributed by atoms with Crippen molar-refractivity contribution < 1.29 is 0 Å². The fourth-order valence-electron chi connectivity index (χ4n) is 12.3. The third kappa shape index (κ3) is 8.06.